The number of aliphatic hydroxyl groups excluding tert-OH is 1. The Morgan fingerprint density at radius 2 is 2.00 bits per heavy atom. The van der Waals surface area contributed by atoms with Crippen LogP contribution in [0.5, 0.6) is 11.5 Å². The Morgan fingerprint density at radius 1 is 1.26 bits per heavy atom. The van der Waals surface area contributed by atoms with E-state index in [9.17, 15) is 28.2 Å². The van der Waals surface area contributed by atoms with Crippen LogP contribution in [0.3, 0.4) is 0 Å². The van der Waals surface area contributed by atoms with E-state index in [-0.39, 0.29) is 48.0 Å². The van der Waals surface area contributed by atoms with Crippen molar-refractivity contribution in [1.29, 1.82) is 0 Å². The Morgan fingerprint density at radius 3 is 2.66 bits per heavy atom. The van der Waals surface area contributed by atoms with Gasteiger partial charge in [-0.15, -0.1) is 6.58 Å². The Labute approximate surface area is 216 Å². The number of ether oxygens (including phenoxy) is 2. The number of nitrogens with one attached hydrogen (secondary N) is 1. The average Bonchev–Trinajstić information content (AvgIpc) is 2.89. The maximum absolute atomic E-state index is 15.8. The number of allylic oxidation sites excluding steroid dienone is 5. The normalized spacial score (nSPS) is 21.5. The fourth-order valence-electron chi connectivity index (χ4n) is 4.96. The first-order chi connectivity index (χ1) is 18.0. The number of carbonyl (C=O) groups is 1. The molecule has 10 heteroatoms. The van der Waals surface area contributed by atoms with E-state index >= 15 is 4.39 Å². The number of halogens is 4. The molecular weight excluding hydrogens is 506 g/mol. The Hall–Kier alpha value is -3.63. The maximum atomic E-state index is 15.8. The summed E-state index contributed by atoms with van der Waals surface area (Å²) in [6.45, 7) is 5.00. The Kier molecular flexibility index (Phi) is 7.66. The number of hydrogen-bond acceptors (Lipinski definition) is 5. The number of rotatable bonds is 8. The van der Waals surface area contributed by atoms with Crippen LogP contribution in [0, 0.1) is 11.7 Å². The highest BCUT2D eigenvalue weighted by Gasteiger charge is 2.46. The summed E-state index contributed by atoms with van der Waals surface area (Å²) in [7, 11) is 0. The molecule has 2 aromatic rings. The van der Waals surface area contributed by atoms with Gasteiger partial charge in [-0.05, 0) is 34.9 Å². The largest absolute Gasteiger partial charge is 0.486 e. The predicted octanol–water partition coefficient (Wildman–Crippen LogP) is 4.86. The summed E-state index contributed by atoms with van der Waals surface area (Å²) in [5.41, 5.74) is -1.76. The standard InChI is InChI=1S/C28H27F4NO5/c1-3-17-5-4-6-19(18-8-10-23-25(24(18)29)38-12-11-37-23)27(17,2)21-13-16(7-9-20(21)28(30,31)32)14-33-22(15-34)26(35)36/h3-10,13,17,22,33-34H,1,11-12,14-15H2,2H3,(H,35,36)/t17?,22-,27?/m0/s1. The zero-order valence-electron chi connectivity index (χ0n) is 20.5. The summed E-state index contributed by atoms with van der Waals surface area (Å²) < 4.78 is 69.7. The van der Waals surface area contributed by atoms with Gasteiger partial charge < -0.3 is 19.7 Å². The highest BCUT2D eigenvalue weighted by Crippen LogP contribution is 2.52. The van der Waals surface area contributed by atoms with Crippen molar-refractivity contribution in [1.82, 2.24) is 5.32 Å². The van der Waals surface area contributed by atoms with Gasteiger partial charge in [0.15, 0.2) is 17.3 Å². The minimum atomic E-state index is -4.73. The fraction of sp³-hybridized carbons (Fsp3) is 0.321. The molecule has 0 radical (unpaired) electrons. The van der Waals surface area contributed by atoms with E-state index in [0.717, 1.165) is 6.07 Å². The zero-order chi connectivity index (χ0) is 27.7. The van der Waals surface area contributed by atoms with Gasteiger partial charge in [0.1, 0.15) is 19.3 Å². The number of aliphatic carboxylic acids is 1. The van der Waals surface area contributed by atoms with Crippen LogP contribution >= 0.6 is 0 Å². The topological polar surface area (TPSA) is 88.0 Å². The molecule has 3 N–H and O–H groups in total. The smallest absolute Gasteiger partial charge is 0.416 e. The Bertz CT molecular complexity index is 1300. The molecule has 2 aliphatic rings. The predicted molar refractivity (Wildman–Crippen MR) is 132 cm³/mol. The monoisotopic (exact) mass is 533 g/mol. The van der Waals surface area contributed by atoms with Gasteiger partial charge in [0.2, 0.25) is 0 Å². The minimum Gasteiger partial charge on any atom is -0.486 e. The molecule has 0 fully saturated rings. The average molecular weight is 534 g/mol. The summed E-state index contributed by atoms with van der Waals surface area (Å²) in [5, 5.41) is 21.1. The Balaban J connectivity index is 1.89. The van der Waals surface area contributed by atoms with Crippen molar-refractivity contribution in [2.75, 3.05) is 19.8 Å². The van der Waals surface area contributed by atoms with Crippen LogP contribution in [0.1, 0.15) is 29.2 Å². The lowest BCUT2D eigenvalue weighted by molar-refractivity contribution is -0.140. The lowest BCUT2D eigenvalue weighted by Crippen LogP contribution is -2.39. The number of benzene rings is 2. The quantitative estimate of drug-likeness (QED) is 0.332. The molecular formula is C28H27F4NO5. The molecule has 1 aliphatic carbocycles. The van der Waals surface area contributed by atoms with Crippen molar-refractivity contribution in [3.8, 4) is 11.5 Å². The van der Waals surface area contributed by atoms with Gasteiger partial charge in [0.05, 0.1) is 12.2 Å². The molecule has 6 nitrogen and oxygen atoms in total. The maximum Gasteiger partial charge on any atom is 0.416 e. The van der Waals surface area contributed by atoms with E-state index < -0.39 is 47.5 Å². The van der Waals surface area contributed by atoms with Crippen molar-refractivity contribution in [2.45, 2.75) is 31.1 Å². The molecule has 38 heavy (non-hydrogen) atoms. The van der Waals surface area contributed by atoms with Crippen LogP contribution in [-0.2, 0) is 22.9 Å². The molecule has 3 atom stereocenters. The number of hydrogen-bond donors (Lipinski definition) is 3. The second-order valence-corrected chi connectivity index (χ2v) is 9.21. The van der Waals surface area contributed by atoms with E-state index in [0.29, 0.717) is 5.56 Å². The van der Waals surface area contributed by atoms with Crippen LogP contribution < -0.4 is 14.8 Å². The SMILES string of the molecule is C=CC1C=CC=C(c2ccc3c(c2F)OCCO3)C1(C)c1cc(CN[C@@H](CO)C(=O)O)ccc1C(F)(F)F. The first-order valence-electron chi connectivity index (χ1n) is 11.9. The van der Waals surface area contributed by atoms with Crippen LogP contribution in [0.2, 0.25) is 0 Å². The molecule has 0 aromatic heterocycles. The van der Waals surface area contributed by atoms with Crippen LogP contribution in [0.4, 0.5) is 17.6 Å². The molecule has 2 unspecified atom stereocenters. The number of aliphatic hydroxyl groups is 1. The van der Waals surface area contributed by atoms with Gasteiger partial charge in [-0.1, -0.05) is 43.4 Å². The van der Waals surface area contributed by atoms with Gasteiger partial charge in [-0.25, -0.2) is 4.39 Å². The second kappa shape index (κ2) is 10.6. The van der Waals surface area contributed by atoms with E-state index in [1.165, 1.54) is 30.3 Å². The first kappa shape index (κ1) is 27.4. The van der Waals surface area contributed by atoms with Gasteiger partial charge in [0.25, 0.3) is 0 Å². The van der Waals surface area contributed by atoms with Crippen LogP contribution in [-0.4, -0.2) is 42.0 Å². The molecule has 0 spiro atoms. The van der Waals surface area contributed by atoms with E-state index in [2.05, 4.69) is 11.9 Å². The van der Waals surface area contributed by atoms with Crippen molar-refractivity contribution in [3.05, 3.63) is 89.3 Å². The number of fused-ring (bicyclic) bond motifs is 1. The lowest BCUT2D eigenvalue weighted by Gasteiger charge is -2.41. The van der Waals surface area contributed by atoms with Gasteiger partial charge in [-0.2, -0.15) is 13.2 Å². The van der Waals surface area contributed by atoms with Gasteiger partial charge >= 0.3 is 12.1 Å². The van der Waals surface area contributed by atoms with Crippen LogP contribution in [0.15, 0.2) is 61.2 Å². The number of carboxylic acid groups (broad SMARTS) is 1. The van der Waals surface area contributed by atoms with Crippen molar-refractivity contribution < 1.29 is 42.0 Å². The molecule has 1 aliphatic heterocycles. The summed E-state index contributed by atoms with van der Waals surface area (Å²) in [4.78, 5) is 11.3. The summed E-state index contributed by atoms with van der Waals surface area (Å²) in [6.07, 6.45) is 1.70. The highest BCUT2D eigenvalue weighted by atomic mass is 19.4. The van der Waals surface area contributed by atoms with Crippen molar-refractivity contribution in [2.24, 2.45) is 5.92 Å². The number of carboxylic acids is 1. The molecule has 202 valence electrons. The first-order valence-corrected chi connectivity index (χ1v) is 11.9. The zero-order valence-corrected chi connectivity index (χ0v) is 20.5. The minimum absolute atomic E-state index is 0.0656. The molecule has 4 rings (SSSR count). The van der Waals surface area contributed by atoms with E-state index in [1.54, 1.807) is 25.2 Å². The third kappa shape index (κ3) is 4.93. The molecule has 0 saturated carbocycles. The summed E-state index contributed by atoms with van der Waals surface area (Å²) >= 11 is 0. The van der Waals surface area contributed by atoms with Crippen LogP contribution in [0.25, 0.3) is 5.57 Å². The third-order valence-electron chi connectivity index (χ3n) is 6.98. The van der Waals surface area contributed by atoms with Crippen molar-refractivity contribution >= 4 is 11.5 Å². The highest BCUT2D eigenvalue weighted by molar-refractivity contribution is 5.81. The molecule has 0 amide bonds. The fourth-order valence-corrected chi connectivity index (χ4v) is 4.96. The number of alkyl halides is 3. The molecule has 0 bridgehead atoms. The van der Waals surface area contributed by atoms with Gasteiger partial charge in [-0.3, -0.25) is 10.1 Å². The molecule has 1 heterocycles. The van der Waals surface area contributed by atoms with E-state index in [4.69, 9.17) is 9.47 Å². The van der Waals surface area contributed by atoms with E-state index in [1.807, 2.05) is 0 Å². The second-order valence-electron chi connectivity index (χ2n) is 9.21. The third-order valence-corrected chi connectivity index (χ3v) is 6.98. The molecule has 2 aromatic carbocycles. The lowest BCUT2D eigenvalue weighted by atomic mass is 9.61. The van der Waals surface area contributed by atoms with Crippen molar-refractivity contribution in [3.63, 3.8) is 0 Å². The summed E-state index contributed by atoms with van der Waals surface area (Å²) in [5.74, 6) is -2.57. The van der Waals surface area contributed by atoms with Gasteiger partial charge in [0, 0.05) is 23.4 Å². The molecule has 0 saturated heterocycles. The summed E-state index contributed by atoms with van der Waals surface area (Å²) in [6, 6.07) is 5.21.